The smallest absolute Gasteiger partial charge is 0.266 e. The van der Waals surface area contributed by atoms with Gasteiger partial charge in [-0.2, -0.15) is 5.26 Å². The molecular weight excluding hydrogens is 403 g/mol. The molecule has 7 heteroatoms. The molecule has 0 aromatic heterocycles. The number of amides is 1. The molecule has 0 spiro atoms. The molecular formula is C16H9BrCl2N2O2. The lowest BCUT2D eigenvalue weighted by atomic mass is 10.1. The van der Waals surface area contributed by atoms with Crippen molar-refractivity contribution in [3.05, 3.63) is 62.1 Å². The van der Waals surface area contributed by atoms with E-state index >= 15 is 0 Å². The monoisotopic (exact) mass is 410 g/mol. The fourth-order valence-electron chi connectivity index (χ4n) is 1.73. The minimum atomic E-state index is -0.606. The van der Waals surface area contributed by atoms with Crippen LogP contribution in [-0.2, 0) is 4.79 Å². The topological polar surface area (TPSA) is 73.1 Å². The number of hydrogen-bond donors (Lipinski definition) is 2. The first-order valence-electron chi connectivity index (χ1n) is 6.27. The number of halogens is 3. The summed E-state index contributed by atoms with van der Waals surface area (Å²) in [5, 5.41) is 22.6. The van der Waals surface area contributed by atoms with Gasteiger partial charge in [0.1, 0.15) is 17.4 Å². The maximum absolute atomic E-state index is 12.2. The van der Waals surface area contributed by atoms with E-state index in [0.29, 0.717) is 20.2 Å². The Morgan fingerprint density at radius 2 is 1.87 bits per heavy atom. The Bertz CT molecular complexity index is 827. The van der Waals surface area contributed by atoms with Gasteiger partial charge in [0.2, 0.25) is 0 Å². The Balaban J connectivity index is 2.30. The number of phenols is 1. The van der Waals surface area contributed by atoms with Gasteiger partial charge < -0.3 is 10.4 Å². The van der Waals surface area contributed by atoms with E-state index in [1.54, 1.807) is 30.3 Å². The molecule has 2 N–H and O–H groups in total. The predicted molar refractivity (Wildman–Crippen MR) is 94.5 cm³/mol. The van der Waals surface area contributed by atoms with E-state index in [1.807, 2.05) is 0 Å². The van der Waals surface area contributed by atoms with Gasteiger partial charge in [-0.1, -0.05) is 23.2 Å². The van der Waals surface area contributed by atoms with E-state index in [0.717, 1.165) is 0 Å². The predicted octanol–water partition coefficient (Wildman–Crippen LogP) is 5.01. The van der Waals surface area contributed by atoms with Crippen LogP contribution in [0, 0.1) is 11.3 Å². The summed E-state index contributed by atoms with van der Waals surface area (Å²) >= 11 is 14.8. The van der Waals surface area contributed by atoms with Crippen molar-refractivity contribution in [1.82, 2.24) is 0 Å². The number of carbonyl (C=O) groups excluding carboxylic acids is 1. The second-order valence-electron chi connectivity index (χ2n) is 4.46. The van der Waals surface area contributed by atoms with Crippen molar-refractivity contribution in [2.75, 3.05) is 5.32 Å². The average Bonchev–Trinajstić information content (AvgIpc) is 2.51. The normalized spacial score (nSPS) is 11.0. The van der Waals surface area contributed by atoms with Crippen LogP contribution in [0.5, 0.6) is 5.75 Å². The highest BCUT2D eigenvalue weighted by molar-refractivity contribution is 9.10. The van der Waals surface area contributed by atoms with Crippen LogP contribution in [0.1, 0.15) is 5.56 Å². The van der Waals surface area contributed by atoms with E-state index in [2.05, 4.69) is 21.2 Å². The third-order valence-corrected chi connectivity index (χ3v) is 3.90. The number of aromatic hydroxyl groups is 1. The van der Waals surface area contributed by atoms with Gasteiger partial charge >= 0.3 is 0 Å². The third kappa shape index (κ3) is 4.49. The highest BCUT2D eigenvalue weighted by Crippen LogP contribution is 2.33. The van der Waals surface area contributed by atoms with E-state index < -0.39 is 5.91 Å². The minimum absolute atomic E-state index is 0.110. The van der Waals surface area contributed by atoms with Gasteiger partial charge in [-0.15, -0.1) is 0 Å². The van der Waals surface area contributed by atoms with E-state index in [4.69, 9.17) is 23.2 Å². The number of benzene rings is 2. The van der Waals surface area contributed by atoms with Gasteiger partial charge in [-0.25, -0.2) is 0 Å². The molecule has 116 valence electrons. The molecule has 0 fully saturated rings. The zero-order valence-corrected chi connectivity index (χ0v) is 14.6. The maximum Gasteiger partial charge on any atom is 0.266 e. The molecule has 2 aromatic rings. The van der Waals surface area contributed by atoms with Crippen molar-refractivity contribution in [3.63, 3.8) is 0 Å². The van der Waals surface area contributed by atoms with E-state index in [9.17, 15) is 15.2 Å². The van der Waals surface area contributed by atoms with Crippen LogP contribution < -0.4 is 5.32 Å². The number of nitriles is 1. The quantitative estimate of drug-likeness (QED) is 0.550. The summed E-state index contributed by atoms with van der Waals surface area (Å²) in [6.07, 6.45) is 1.26. The number of carbonyl (C=O) groups is 1. The summed E-state index contributed by atoms with van der Waals surface area (Å²) in [5.74, 6) is -0.716. The summed E-state index contributed by atoms with van der Waals surface area (Å²) in [6, 6.07) is 11.2. The van der Waals surface area contributed by atoms with Crippen LogP contribution in [0.15, 0.2) is 46.4 Å². The number of nitrogens with zero attached hydrogens (tertiary/aromatic N) is 1. The van der Waals surface area contributed by atoms with Gasteiger partial charge in [0.05, 0.1) is 4.47 Å². The Labute approximate surface area is 151 Å². The summed E-state index contributed by atoms with van der Waals surface area (Å²) in [6.45, 7) is 0. The zero-order chi connectivity index (χ0) is 17.0. The maximum atomic E-state index is 12.2. The molecule has 0 radical (unpaired) electrons. The molecule has 0 aliphatic rings. The second-order valence-corrected chi connectivity index (χ2v) is 6.18. The molecule has 2 rings (SSSR count). The number of phenolic OH excluding ortho intramolecular Hbond substituents is 1. The Kier molecular flexibility index (Phi) is 5.67. The highest BCUT2D eigenvalue weighted by Gasteiger charge is 2.12. The number of anilines is 1. The molecule has 0 aliphatic carbocycles. The fourth-order valence-corrected chi connectivity index (χ4v) is 2.69. The summed E-state index contributed by atoms with van der Waals surface area (Å²) in [5.41, 5.74) is 0.577. The highest BCUT2D eigenvalue weighted by atomic mass is 79.9. The molecule has 0 bridgehead atoms. The van der Waals surface area contributed by atoms with Crippen LogP contribution in [0.4, 0.5) is 5.69 Å². The van der Waals surface area contributed by atoms with Crippen LogP contribution in [-0.4, -0.2) is 11.0 Å². The first-order chi connectivity index (χ1) is 10.9. The van der Waals surface area contributed by atoms with Gasteiger partial charge in [-0.05, 0) is 58.4 Å². The lowest BCUT2D eigenvalue weighted by molar-refractivity contribution is -0.112. The van der Waals surface area contributed by atoms with Crippen LogP contribution in [0.3, 0.4) is 0 Å². The first kappa shape index (κ1) is 17.4. The summed E-state index contributed by atoms with van der Waals surface area (Å²) in [7, 11) is 0. The van der Waals surface area contributed by atoms with Crippen LogP contribution in [0.2, 0.25) is 10.0 Å². The average molecular weight is 412 g/mol. The SMILES string of the molecule is N#C/C(=C/c1cc(Cl)cc(Br)c1O)C(=O)Nc1ccc(Cl)cc1. The molecule has 0 heterocycles. The molecule has 4 nitrogen and oxygen atoms in total. The fraction of sp³-hybridized carbons (Fsp3) is 0. The Hall–Kier alpha value is -2.00. The van der Waals surface area contributed by atoms with Crippen LogP contribution >= 0.6 is 39.1 Å². The van der Waals surface area contributed by atoms with Crippen molar-refractivity contribution in [1.29, 1.82) is 5.26 Å². The summed E-state index contributed by atoms with van der Waals surface area (Å²) in [4.78, 5) is 12.2. The molecule has 0 saturated carbocycles. The molecule has 1 amide bonds. The van der Waals surface area contributed by atoms with E-state index in [-0.39, 0.29) is 16.9 Å². The van der Waals surface area contributed by atoms with Gasteiger partial charge in [0.15, 0.2) is 0 Å². The third-order valence-electron chi connectivity index (χ3n) is 2.82. The van der Waals surface area contributed by atoms with Gasteiger partial charge in [-0.3, -0.25) is 4.79 Å². The lowest BCUT2D eigenvalue weighted by Gasteiger charge is -2.06. The molecule has 0 aliphatic heterocycles. The standard InChI is InChI=1S/C16H9BrCl2N2O2/c17-14-7-12(19)6-9(15(14)22)5-10(8-20)16(23)21-13-3-1-11(18)2-4-13/h1-7,22H,(H,21,23)/b10-5-. The Morgan fingerprint density at radius 1 is 1.22 bits per heavy atom. The molecule has 0 atom stereocenters. The first-order valence-corrected chi connectivity index (χ1v) is 7.82. The lowest BCUT2D eigenvalue weighted by Crippen LogP contribution is -2.13. The summed E-state index contributed by atoms with van der Waals surface area (Å²) < 4.78 is 0.367. The van der Waals surface area contributed by atoms with Crippen molar-refractivity contribution < 1.29 is 9.90 Å². The number of rotatable bonds is 3. The van der Waals surface area contributed by atoms with Crippen molar-refractivity contribution >= 4 is 56.8 Å². The molecule has 23 heavy (non-hydrogen) atoms. The van der Waals surface area contributed by atoms with Gasteiger partial charge in [0, 0.05) is 21.3 Å². The largest absolute Gasteiger partial charge is 0.506 e. The molecule has 0 saturated heterocycles. The van der Waals surface area contributed by atoms with E-state index in [1.165, 1.54) is 18.2 Å². The van der Waals surface area contributed by atoms with Crippen LogP contribution in [0.25, 0.3) is 6.08 Å². The van der Waals surface area contributed by atoms with Gasteiger partial charge in [0.25, 0.3) is 5.91 Å². The molecule has 0 unspecified atom stereocenters. The zero-order valence-electron chi connectivity index (χ0n) is 11.5. The Morgan fingerprint density at radius 3 is 2.48 bits per heavy atom. The number of nitrogens with one attached hydrogen (secondary N) is 1. The number of hydrogen-bond acceptors (Lipinski definition) is 3. The van der Waals surface area contributed by atoms with Crippen molar-refractivity contribution in [2.45, 2.75) is 0 Å². The minimum Gasteiger partial charge on any atom is -0.506 e. The second kappa shape index (κ2) is 7.51. The van der Waals surface area contributed by atoms with Crippen molar-refractivity contribution in [3.8, 4) is 11.8 Å². The van der Waals surface area contributed by atoms with Crippen molar-refractivity contribution in [2.24, 2.45) is 0 Å². The molecule has 2 aromatic carbocycles.